The van der Waals surface area contributed by atoms with E-state index < -0.39 is 36.1 Å². The molecule has 0 radical (unpaired) electrons. The normalized spacial score (nSPS) is 16.2. The molecule has 0 bridgehead atoms. The van der Waals surface area contributed by atoms with Crippen LogP contribution < -0.4 is 21.6 Å². The Hall–Kier alpha value is -4.69. The number of anilines is 2. The highest BCUT2D eigenvalue weighted by Gasteiger charge is 2.47. The average Bonchev–Trinajstić information content (AvgIpc) is 3.70. The molecule has 4 N–H and O–H groups in total. The Kier molecular flexibility index (Phi) is 7.28. The highest BCUT2D eigenvalue weighted by atomic mass is 19.4. The predicted molar refractivity (Wildman–Crippen MR) is 144 cm³/mol. The first kappa shape index (κ1) is 28.8. The van der Waals surface area contributed by atoms with Gasteiger partial charge < -0.3 is 16.1 Å². The molecule has 42 heavy (non-hydrogen) atoms. The van der Waals surface area contributed by atoms with Crippen LogP contribution in [0.2, 0.25) is 0 Å². The van der Waals surface area contributed by atoms with Crippen molar-refractivity contribution in [2.75, 3.05) is 17.2 Å². The Morgan fingerprint density at radius 1 is 1.12 bits per heavy atom. The Morgan fingerprint density at radius 3 is 2.45 bits per heavy atom. The third-order valence-electron chi connectivity index (χ3n) is 7.35. The Bertz CT molecular complexity index is 1670. The molecule has 2 aromatic heterocycles. The summed E-state index contributed by atoms with van der Waals surface area (Å²) in [5, 5.41) is 27.2. The van der Waals surface area contributed by atoms with Crippen LogP contribution in [-0.2, 0) is 0 Å². The monoisotopic (exact) mass is 583 g/mol. The van der Waals surface area contributed by atoms with Gasteiger partial charge in [0, 0.05) is 41.1 Å². The molecule has 5 rings (SSSR count). The number of hydrogen-bond acceptors (Lipinski definition) is 9. The van der Waals surface area contributed by atoms with E-state index in [9.17, 15) is 28.1 Å². The second-order valence-corrected chi connectivity index (χ2v) is 10.9. The highest BCUT2D eigenvalue weighted by molar-refractivity contribution is 5.99. The molecular formula is C28H26F5N9. The molecule has 0 amide bonds. The number of nitrogens with one attached hydrogen (secondary N) is 4. The van der Waals surface area contributed by atoms with Crippen LogP contribution in [0.4, 0.5) is 33.3 Å². The molecule has 1 aliphatic carbocycles. The number of nitrogens with zero attached hydrogens (tertiary/aromatic N) is 5. The van der Waals surface area contributed by atoms with Crippen LogP contribution in [0.1, 0.15) is 55.1 Å². The summed E-state index contributed by atoms with van der Waals surface area (Å²) in [5.74, 6) is -1.29. The van der Waals surface area contributed by atoms with Crippen LogP contribution in [0.5, 0.6) is 0 Å². The predicted octanol–water partition coefficient (Wildman–Crippen LogP) is 5.60. The van der Waals surface area contributed by atoms with Gasteiger partial charge in [0.1, 0.15) is 17.8 Å². The maximum Gasteiger partial charge on any atom is 0.395 e. The first-order valence-corrected chi connectivity index (χ1v) is 13.0. The van der Waals surface area contributed by atoms with Crippen molar-refractivity contribution in [2.24, 2.45) is 5.41 Å². The minimum atomic E-state index is -4.52. The molecule has 2 aliphatic rings. The van der Waals surface area contributed by atoms with Crippen molar-refractivity contribution in [3.05, 3.63) is 70.4 Å². The van der Waals surface area contributed by atoms with Gasteiger partial charge in [-0.3, -0.25) is 9.99 Å². The SMILES string of the molecule is Cc1nc(F)ccc1[C@H](Nc1cc(C#N)c2ncc(C#N)c(NCC(C)(C)C(F)(F)F)c2c1)C1=C(F)N(C2CC2)NN1. The van der Waals surface area contributed by atoms with E-state index in [0.29, 0.717) is 5.56 Å². The molecule has 0 saturated heterocycles. The fourth-order valence-electron chi connectivity index (χ4n) is 4.60. The molecule has 1 saturated carbocycles. The molecule has 3 heterocycles. The number of rotatable bonds is 8. The van der Waals surface area contributed by atoms with E-state index in [0.717, 1.165) is 32.8 Å². The number of fused-ring (bicyclic) bond motifs is 1. The molecule has 218 valence electrons. The van der Waals surface area contributed by atoms with Crippen molar-refractivity contribution < 1.29 is 22.0 Å². The zero-order valence-electron chi connectivity index (χ0n) is 22.8. The second-order valence-electron chi connectivity index (χ2n) is 10.9. The number of aryl methyl sites for hydroxylation is 1. The molecule has 9 nitrogen and oxygen atoms in total. The first-order valence-electron chi connectivity index (χ1n) is 13.0. The minimum absolute atomic E-state index is 0.0212. The number of hydrogen-bond donors (Lipinski definition) is 4. The van der Waals surface area contributed by atoms with E-state index >= 15 is 4.39 Å². The third kappa shape index (κ3) is 5.33. The van der Waals surface area contributed by atoms with Gasteiger partial charge in [0.05, 0.1) is 33.8 Å². The lowest BCUT2D eigenvalue weighted by molar-refractivity contribution is -0.206. The Labute approximate surface area is 238 Å². The molecular weight excluding hydrogens is 557 g/mol. The number of pyridine rings is 2. The molecule has 1 aromatic carbocycles. The quantitative estimate of drug-likeness (QED) is 0.152. The fraction of sp³-hybridized carbons (Fsp3) is 0.357. The van der Waals surface area contributed by atoms with E-state index in [4.69, 9.17) is 0 Å². The molecule has 3 aromatic rings. The topological polar surface area (TPSA) is 125 Å². The summed E-state index contributed by atoms with van der Waals surface area (Å²) in [5.41, 5.74) is 4.86. The van der Waals surface area contributed by atoms with E-state index in [1.54, 1.807) is 6.92 Å². The maximum atomic E-state index is 15.6. The van der Waals surface area contributed by atoms with Crippen LogP contribution >= 0.6 is 0 Å². The van der Waals surface area contributed by atoms with E-state index in [1.807, 2.05) is 12.1 Å². The van der Waals surface area contributed by atoms with E-state index in [1.165, 1.54) is 29.4 Å². The lowest BCUT2D eigenvalue weighted by Crippen LogP contribution is -2.39. The van der Waals surface area contributed by atoms with Gasteiger partial charge in [-0.2, -0.15) is 32.5 Å². The number of aromatic nitrogens is 2. The Balaban J connectivity index is 1.62. The molecule has 1 fully saturated rings. The number of halogens is 5. The van der Waals surface area contributed by atoms with Gasteiger partial charge in [-0.05, 0) is 51.8 Å². The fourth-order valence-corrected chi connectivity index (χ4v) is 4.60. The molecule has 14 heteroatoms. The summed E-state index contributed by atoms with van der Waals surface area (Å²) in [6.45, 7) is 3.07. The standard InChI is InChI=1S/C28H26F5N9/c1-14-19(6-7-21(29)38-14)24(25-26(30)42(41-40-25)18-4-5-18)39-17-8-15(10-34)22-20(9-17)23(16(11-35)12-36-22)37-13-27(2,3)28(31,32)33/h6-9,12,18,24,39-41H,4-5,13H2,1-3H3,(H,36,37)/t24-/m0/s1. The lowest BCUT2D eigenvalue weighted by Gasteiger charge is -2.29. The van der Waals surface area contributed by atoms with Crippen molar-refractivity contribution in [3.8, 4) is 12.1 Å². The minimum Gasteiger partial charge on any atom is -0.382 e. The molecule has 1 aliphatic heterocycles. The van der Waals surface area contributed by atoms with Gasteiger partial charge in [-0.15, -0.1) is 5.53 Å². The van der Waals surface area contributed by atoms with Crippen molar-refractivity contribution in [1.82, 2.24) is 25.9 Å². The maximum absolute atomic E-state index is 15.6. The summed E-state index contributed by atoms with van der Waals surface area (Å²) in [6, 6.07) is 8.58. The third-order valence-corrected chi connectivity index (χ3v) is 7.35. The van der Waals surface area contributed by atoms with Crippen LogP contribution in [-0.4, -0.2) is 33.7 Å². The van der Waals surface area contributed by atoms with Crippen LogP contribution in [0.15, 0.2) is 42.1 Å². The Morgan fingerprint density at radius 2 is 1.83 bits per heavy atom. The van der Waals surface area contributed by atoms with Crippen molar-refractivity contribution >= 4 is 22.3 Å². The van der Waals surface area contributed by atoms with Crippen molar-refractivity contribution in [2.45, 2.75) is 51.9 Å². The zero-order chi connectivity index (χ0) is 30.4. The van der Waals surface area contributed by atoms with Crippen LogP contribution in [0, 0.1) is 40.9 Å². The van der Waals surface area contributed by atoms with Gasteiger partial charge in [-0.25, -0.2) is 4.98 Å². The van der Waals surface area contributed by atoms with E-state index in [2.05, 4.69) is 31.6 Å². The second kappa shape index (κ2) is 10.6. The summed E-state index contributed by atoms with van der Waals surface area (Å²) in [4.78, 5) is 8.09. The summed E-state index contributed by atoms with van der Waals surface area (Å²) < 4.78 is 70.3. The lowest BCUT2D eigenvalue weighted by atomic mass is 9.92. The van der Waals surface area contributed by atoms with Gasteiger partial charge >= 0.3 is 6.18 Å². The van der Waals surface area contributed by atoms with Crippen molar-refractivity contribution in [1.29, 1.82) is 10.5 Å². The molecule has 0 spiro atoms. The van der Waals surface area contributed by atoms with Crippen molar-refractivity contribution in [3.63, 3.8) is 0 Å². The first-order chi connectivity index (χ1) is 19.8. The number of nitriles is 2. The van der Waals surface area contributed by atoms with Gasteiger partial charge in [0.25, 0.3) is 0 Å². The average molecular weight is 584 g/mol. The largest absolute Gasteiger partial charge is 0.395 e. The number of benzene rings is 1. The van der Waals surface area contributed by atoms with Gasteiger partial charge in [0.15, 0.2) is 0 Å². The van der Waals surface area contributed by atoms with Gasteiger partial charge in [-0.1, -0.05) is 6.07 Å². The number of alkyl halides is 3. The van der Waals surface area contributed by atoms with E-state index in [-0.39, 0.29) is 50.8 Å². The summed E-state index contributed by atoms with van der Waals surface area (Å²) in [6.07, 6.45) is -1.73. The molecule has 1 atom stereocenters. The van der Waals surface area contributed by atoms with Crippen LogP contribution in [0.25, 0.3) is 10.9 Å². The number of hydrazine groups is 2. The smallest absolute Gasteiger partial charge is 0.382 e. The highest BCUT2D eigenvalue weighted by Crippen LogP contribution is 2.40. The summed E-state index contributed by atoms with van der Waals surface area (Å²) >= 11 is 0. The zero-order valence-corrected chi connectivity index (χ0v) is 22.8. The summed E-state index contributed by atoms with van der Waals surface area (Å²) in [7, 11) is 0. The molecule has 0 unspecified atom stereocenters. The van der Waals surface area contributed by atoms with Crippen LogP contribution in [0.3, 0.4) is 0 Å². The van der Waals surface area contributed by atoms with Gasteiger partial charge in [0.2, 0.25) is 11.9 Å².